The Balaban J connectivity index is 2.24. The van der Waals surface area contributed by atoms with Gasteiger partial charge in [-0.25, -0.2) is 8.42 Å². The Labute approximate surface area is 153 Å². The number of nitrogens with zero attached hydrogens (tertiary/aromatic N) is 1. The Bertz CT molecular complexity index is 906. The van der Waals surface area contributed by atoms with Crippen molar-refractivity contribution in [2.45, 2.75) is 24.2 Å². The van der Waals surface area contributed by atoms with Crippen LogP contribution in [-0.4, -0.2) is 33.3 Å². The quantitative estimate of drug-likeness (QED) is 0.586. The summed E-state index contributed by atoms with van der Waals surface area (Å²) in [6.07, 6.45) is 0.959. The van der Waals surface area contributed by atoms with Gasteiger partial charge in [0.15, 0.2) is 9.84 Å². The first-order valence-corrected chi connectivity index (χ1v) is 9.80. The van der Waals surface area contributed by atoms with Gasteiger partial charge in [-0.2, -0.15) is 0 Å². The van der Waals surface area contributed by atoms with E-state index < -0.39 is 20.4 Å². The van der Waals surface area contributed by atoms with Crippen LogP contribution in [0.2, 0.25) is 0 Å². The summed E-state index contributed by atoms with van der Waals surface area (Å²) in [4.78, 5) is 10.1. The van der Waals surface area contributed by atoms with E-state index in [2.05, 4.69) is 5.32 Å². The smallest absolute Gasteiger partial charge is 0.288 e. The summed E-state index contributed by atoms with van der Waals surface area (Å²) in [5, 5.41) is 14.2. The summed E-state index contributed by atoms with van der Waals surface area (Å²) in [5.74, 6) is 0.769. The predicted octanol–water partition coefficient (Wildman–Crippen LogP) is 3.40. The zero-order chi connectivity index (χ0) is 19.5. The number of hydrogen-bond donors (Lipinski definition) is 1. The highest BCUT2D eigenvalue weighted by atomic mass is 32.2. The van der Waals surface area contributed by atoms with Crippen LogP contribution in [0, 0.1) is 10.1 Å². The van der Waals surface area contributed by atoms with Gasteiger partial charge in [-0.05, 0) is 29.8 Å². The number of nitro benzene ring substituents is 1. The van der Waals surface area contributed by atoms with Crippen LogP contribution < -0.4 is 10.1 Å². The van der Waals surface area contributed by atoms with Crippen molar-refractivity contribution in [3.05, 3.63) is 58.1 Å². The molecule has 0 saturated carbocycles. The van der Waals surface area contributed by atoms with E-state index in [1.807, 2.05) is 38.1 Å². The number of anilines is 1. The number of hydrogen-bond acceptors (Lipinski definition) is 6. The second kappa shape index (κ2) is 7.33. The molecule has 0 radical (unpaired) electrons. The van der Waals surface area contributed by atoms with Crippen molar-refractivity contribution < 1.29 is 18.1 Å². The standard InChI is InChI=1S/C18H22N2O5S/c1-18(2,13-5-8-15(25-3)9-6-13)12-19-14-7-10-16(20(21)22)17(11-14)26(4,23)24/h5-11,19H,12H2,1-4H3. The van der Waals surface area contributed by atoms with Crippen LogP contribution in [-0.2, 0) is 15.3 Å². The summed E-state index contributed by atoms with van der Waals surface area (Å²) in [5.41, 5.74) is 0.917. The minimum Gasteiger partial charge on any atom is -0.497 e. The van der Waals surface area contributed by atoms with Gasteiger partial charge in [-0.15, -0.1) is 0 Å². The second-order valence-electron chi connectivity index (χ2n) is 6.68. The van der Waals surface area contributed by atoms with E-state index in [1.54, 1.807) is 7.11 Å². The molecule has 0 saturated heterocycles. The number of benzene rings is 2. The van der Waals surface area contributed by atoms with Crippen molar-refractivity contribution in [2.24, 2.45) is 0 Å². The van der Waals surface area contributed by atoms with Crippen molar-refractivity contribution in [1.29, 1.82) is 0 Å². The molecule has 0 atom stereocenters. The monoisotopic (exact) mass is 378 g/mol. The third kappa shape index (κ3) is 4.51. The lowest BCUT2D eigenvalue weighted by molar-refractivity contribution is -0.387. The average molecular weight is 378 g/mol. The van der Waals surface area contributed by atoms with Gasteiger partial charge < -0.3 is 10.1 Å². The van der Waals surface area contributed by atoms with Gasteiger partial charge in [0, 0.05) is 30.0 Å². The lowest BCUT2D eigenvalue weighted by atomic mass is 9.84. The highest BCUT2D eigenvalue weighted by Crippen LogP contribution is 2.29. The molecule has 0 aliphatic rings. The first-order chi connectivity index (χ1) is 12.0. The number of ether oxygens (including phenoxy) is 1. The topological polar surface area (TPSA) is 98.5 Å². The molecule has 2 aromatic carbocycles. The van der Waals surface area contributed by atoms with Crippen LogP contribution >= 0.6 is 0 Å². The molecule has 2 rings (SSSR count). The molecule has 0 unspecified atom stereocenters. The van der Waals surface area contributed by atoms with E-state index in [4.69, 9.17) is 4.74 Å². The van der Waals surface area contributed by atoms with E-state index in [-0.39, 0.29) is 10.3 Å². The maximum atomic E-state index is 11.8. The zero-order valence-electron chi connectivity index (χ0n) is 15.1. The van der Waals surface area contributed by atoms with Gasteiger partial charge in [-0.1, -0.05) is 26.0 Å². The molecule has 0 bridgehead atoms. The van der Waals surface area contributed by atoms with Crippen LogP contribution in [0.5, 0.6) is 5.75 Å². The molecule has 0 amide bonds. The molecule has 7 nitrogen and oxygen atoms in total. The lowest BCUT2D eigenvalue weighted by Gasteiger charge is -2.26. The SMILES string of the molecule is COc1ccc(C(C)(C)CNc2ccc([N+](=O)[O-])c(S(C)(=O)=O)c2)cc1. The number of rotatable bonds is 7. The van der Waals surface area contributed by atoms with Crippen molar-refractivity contribution in [2.75, 3.05) is 25.2 Å². The molecule has 0 spiro atoms. The Hall–Kier alpha value is -2.61. The van der Waals surface area contributed by atoms with Crippen LogP contribution in [0.3, 0.4) is 0 Å². The normalized spacial score (nSPS) is 11.8. The molecule has 140 valence electrons. The van der Waals surface area contributed by atoms with Gasteiger partial charge in [0.2, 0.25) is 0 Å². The fourth-order valence-electron chi connectivity index (χ4n) is 2.54. The maximum absolute atomic E-state index is 11.8. The van der Waals surface area contributed by atoms with Crippen molar-refractivity contribution in [3.8, 4) is 5.75 Å². The first kappa shape index (κ1) is 19.7. The lowest BCUT2D eigenvalue weighted by Crippen LogP contribution is -2.27. The molecule has 0 aliphatic carbocycles. The van der Waals surface area contributed by atoms with Crippen LogP contribution in [0.15, 0.2) is 47.4 Å². The number of sulfone groups is 1. The van der Waals surface area contributed by atoms with E-state index in [0.717, 1.165) is 17.6 Å². The van der Waals surface area contributed by atoms with Gasteiger partial charge in [0.05, 0.1) is 12.0 Å². The van der Waals surface area contributed by atoms with Crippen molar-refractivity contribution >= 4 is 21.2 Å². The number of methoxy groups -OCH3 is 1. The molecular weight excluding hydrogens is 356 g/mol. The number of nitro groups is 1. The highest BCUT2D eigenvalue weighted by molar-refractivity contribution is 7.90. The van der Waals surface area contributed by atoms with Crippen molar-refractivity contribution in [1.82, 2.24) is 0 Å². The third-order valence-corrected chi connectivity index (χ3v) is 5.29. The van der Waals surface area contributed by atoms with E-state index >= 15 is 0 Å². The molecule has 1 N–H and O–H groups in total. The predicted molar refractivity (Wildman–Crippen MR) is 101 cm³/mol. The molecule has 0 aliphatic heterocycles. The van der Waals surface area contributed by atoms with Crippen LogP contribution in [0.1, 0.15) is 19.4 Å². The third-order valence-electron chi connectivity index (χ3n) is 4.16. The van der Waals surface area contributed by atoms with Crippen LogP contribution in [0.4, 0.5) is 11.4 Å². The summed E-state index contributed by atoms with van der Waals surface area (Å²) >= 11 is 0. The van der Waals surface area contributed by atoms with Gasteiger partial charge in [-0.3, -0.25) is 10.1 Å². The highest BCUT2D eigenvalue weighted by Gasteiger charge is 2.24. The van der Waals surface area contributed by atoms with Gasteiger partial charge in [0.1, 0.15) is 10.6 Å². The first-order valence-electron chi connectivity index (χ1n) is 7.91. The minimum absolute atomic E-state index is 0.251. The van der Waals surface area contributed by atoms with Crippen molar-refractivity contribution in [3.63, 3.8) is 0 Å². The van der Waals surface area contributed by atoms with Gasteiger partial charge in [0.25, 0.3) is 5.69 Å². The molecule has 0 fully saturated rings. The summed E-state index contributed by atoms with van der Waals surface area (Å²) in [7, 11) is -2.10. The second-order valence-corrected chi connectivity index (χ2v) is 8.66. The van der Waals surface area contributed by atoms with E-state index in [1.165, 1.54) is 18.2 Å². The fraction of sp³-hybridized carbons (Fsp3) is 0.333. The minimum atomic E-state index is -3.71. The number of nitrogens with one attached hydrogen (secondary N) is 1. The Morgan fingerprint density at radius 1 is 1.15 bits per heavy atom. The molecule has 26 heavy (non-hydrogen) atoms. The summed E-state index contributed by atoms with van der Waals surface area (Å²) in [6, 6.07) is 11.7. The molecule has 8 heteroatoms. The molecule has 0 aromatic heterocycles. The molecule has 2 aromatic rings. The Morgan fingerprint density at radius 3 is 2.27 bits per heavy atom. The van der Waals surface area contributed by atoms with Gasteiger partial charge >= 0.3 is 0 Å². The maximum Gasteiger partial charge on any atom is 0.288 e. The largest absolute Gasteiger partial charge is 0.497 e. The fourth-order valence-corrected chi connectivity index (χ4v) is 3.40. The van der Waals surface area contributed by atoms with E-state index in [0.29, 0.717) is 12.2 Å². The van der Waals surface area contributed by atoms with Crippen LogP contribution in [0.25, 0.3) is 0 Å². The summed E-state index contributed by atoms with van der Waals surface area (Å²) < 4.78 is 28.9. The zero-order valence-corrected chi connectivity index (χ0v) is 16.0. The Morgan fingerprint density at radius 2 is 1.77 bits per heavy atom. The van der Waals surface area contributed by atoms with E-state index in [9.17, 15) is 18.5 Å². The average Bonchev–Trinajstić information content (AvgIpc) is 2.59. The molecule has 0 heterocycles. The molecular formula is C18H22N2O5S. The summed E-state index contributed by atoms with van der Waals surface area (Å²) in [6.45, 7) is 4.61. The Kier molecular flexibility index (Phi) is 5.56.